The van der Waals surface area contributed by atoms with Crippen molar-refractivity contribution < 1.29 is 13.2 Å². The van der Waals surface area contributed by atoms with Crippen LogP contribution in [-0.4, -0.2) is 50.1 Å². The number of hydrogen-bond acceptors (Lipinski definition) is 3. The van der Waals surface area contributed by atoms with Crippen LogP contribution in [0.3, 0.4) is 0 Å². The maximum atomic E-state index is 12.5. The second kappa shape index (κ2) is 7.63. The lowest BCUT2D eigenvalue weighted by atomic mass is 9.96. The average Bonchev–Trinajstić information content (AvgIpc) is 2.55. The number of rotatable bonds is 5. The molecule has 1 N–H and O–H groups in total. The Morgan fingerprint density at radius 3 is 2.38 bits per heavy atom. The summed E-state index contributed by atoms with van der Waals surface area (Å²) in [4.78, 5) is 12.5. The van der Waals surface area contributed by atoms with Gasteiger partial charge in [-0.05, 0) is 37.8 Å². The van der Waals surface area contributed by atoms with Gasteiger partial charge in [-0.15, -0.1) is 0 Å². The Morgan fingerprint density at radius 2 is 1.83 bits per heavy atom. The van der Waals surface area contributed by atoms with E-state index in [1.807, 2.05) is 38.1 Å². The minimum Gasteiger partial charge on any atom is -0.349 e. The summed E-state index contributed by atoms with van der Waals surface area (Å²) in [6, 6.07) is 7.95. The molecule has 0 bridgehead atoms. The molecule has 0 radical (unpaired) electrons. The van der Waals surface area contributed by atoms with Gasteiger partial charge < -0.3 is 5.32 Å². The van der Waals surface area contributed by atoms with Crippen molar-refractivity contribution in [1.82, 2.24) is 13.9 Å². The smallest absolute Gasteiger partial charge is 0.281 e. The van der Waals surface area contributed by atoms with Crippen molar-refractivity contribution in [3.63, 3.8) is 0 Å². The van der Waals surface area contributed by atoms with Gasteiger partial charge in [0, 0.05) is 33.1 Å². The lowest BCUT2D eigenvalue weighted by Crippen LogP contribution is -2.47. The molecule has 24 heavy (non-hydrogen) atoms. The van der Waals surface area contributed by atoms with Crippen LogP contribution in [0.4, 0.5) is 0 Å². The Balaban J connectivity index is 1.93. The number of nitrogens with zero attached hydrogens (tertiary/aromatic N) is 2. The highest BCUT2D eigenvalue weighted by atomic mass is 32.2. The van der Waals surface area contributed by atoms with E-state index in [2.05, 4.69) is 5.32 Å². The topological polar surface area (TPSA) is 69.7 Å². The minimum atomic E-state index is -3.39. The number of nitrogens with one attached hydrogen (secondary N) is 1. The van der Waals surface area contributed by atoms with Gasteiger partial charge in [-0.2, -0.15) is 17.0 Å². The molecule has 1 saturated heterocycles. The van der Waals surface area contributed by atoms with E-state index < -0.39 is 10.2 Å². The normalized spacial score (nSPS) is 18.5. The Hall–Kier alpha value is -1.44. The standard InChI is InChI=1S/C17H27N3O3S/c1-13-7-5-6-8-16(13)14(2)18-17(21)15-9-11-20(12-10-15)24(22,23)19(3)4/h5-8,14-15H,9-12H2,1-4H3,(H,18,21)/t14-/m1/s1. The van der Waals surface area contributed by atoms with Gasteiger partial charge in [0.25, 0.3) is 10.2 Å². The highest BCUT2D eigenvalue weighted by molar-refractivity contribution is 7.86. The molecule has 1 aliphatic heterocycles. The molecule has 0 aromatic heterocycles. The summed E-state index contributed by atoms with van der Waals surface area (Å²) in [7, 11) is -0.334. The van der Waals surface area contributed by atoms with Crippen LogP contribution in [0.5, 0.6) is 0 Å². The lowest BCUT2D eigenvalue weighted by Gasteiger charge is -2.32. The monoisotopic (exact) mass is 353 g/mol. The third kappa shape index (κ3) is 4.15. The largest absolute Gasteiger partial charge is 0.349 e. The number of hydrogen-bond donors (Lipinski definition) is 1. The molecule has 0 aliphatic carbocycles. The molecule has 0 unspecified atom stereocenters. The molecule has 1 amide bonds. The van der Waals surface area contributed by atoms with Crippen molar-refractivity contribution in [1.29, 1.82) is 0 Å². The van der Waals surface area contributed by atoms with E-state index in [1.165, 1.54) is 22.7 Å². The van der Waals surface area contributed by atoms with Gasteiger partial charge in [0.05, 0.1) is 6.04 Å². The van der Waals surface area contributed by atoms with Gasteiger partial charge in [-0.25, -0.2) is 0 Å². The van der Waals surface area contributed by atoms with Gasteiger partial charge in [0.2, 0.25) is 5.91 Å². The van der Waals surface area contributed by atoms with Crippen LogP contribution in [0.1, 0.15) is 36.9 Å². The first-order valence-electron chi connectivity index (χ1n) is 8.27. The maximum Gasteiger partial charge on any atom is 0.281 e. The summed E-state index contributed by atoms with van der Waals surface area (Å²) in [6.45, 7) is 4.78. The Labute approximate surface area is 145 Å². The zero-order chi connectivity index (χ0) is 17.9. The van der Waals surface area contributed by atoms with E-state index in [-0.39, 0.29) is 17.9 Å². The molecular formula is C17H27N3O3S. The van der Waals surface area contributed by atoms with Crippen LogP contribution in [0.15, 0.2) is 24.3 Å². The molecule has 134 valence electrons. The summed E-state index contributed by atoms with van der Waals surface area (Å²) >= 11 is 0. The van der Waals surface area contributed by atoms with E-state index in [0.717, 1.165) is 11.1 Å². The van der Waals surface area contributed by atoms with Crippen molar-refractivity contribution >= 4 is 16.1 Å². The lowest BCUT2D eigenvalue weighted by molar-refractivity contribution is -0.126. The van der Waals surface area contributed by atoms with E-state index >= 15 is 0 Å². The first-order valence-corrected chi connectivity index (χ1v) is 9.66. The highest BCUT2D eigenvalue weighted by Gasteiger charge is 2.32. The zero-order valence-electron chi connectivity index (χ0n) is 14.8. The Morgan fingerprint density at radius 1 is 1.25 bits per heavy atom. The van der Waals surface area contributed by atoms with Crippen molar-refractivity contribution in [2.24, 2.45) is 5.92 Å². The number of benzene rings is 1. The van der Waals surface area contributed by atoms with Crippen molar-refractivity contribution in [3.05, 3.63) is 35.4 Å². The van der Waals surface area contributed by atoms with Crippen molar-refractivity contribution in [2.45, 2.75) is 32.7 Å². The molecule has 1 atom stereocenters. The van der Waals surface area contributed by atoms with Gasteiger partial charge in [-0.3, -0.25) is 4.79 Å². The molecule has 6 nitrogen and oxygen atoms in total. The predicted molar refractivity (Wildman–Crippen MR) is 94.6 cm³/mol. The summed E-state index contributed by atoms with van der Waals surface area (Å²) < 4.78 is 26.9. The fourth-order valence-electron chi connectivity index (χ4n) is 3.06. The molecule has 1 aliphatic rings. The van der Waals surface area contributed by atoms with Crippen LogP contribution in [0.2, 0.25) is 0 Å². The number of carbonyl (C=O) groups is 1. The van der Waals surface area contributed by atoms with Crippen molar-refractivity contribution in [3.8, 4) is 0 Å². The molecule has 1 aromatic rings. The molecule has 1 aromatic carbocycles. The van der Waals surface area contributed by atoms with Gasteiger partial charge in [0.1, 0.15) is 0 Å². The number of piperidine rings is 1. The minimum absolute atomic E-state index is 0.00709. The van der Waals surface area contributed by atoms with Crippen LogP contribution >= 0.6 is 0 Å². The Bertz CT molecular complexity index is 680. The second-order valence-corrected chi connectivity index (χ2v) is 8.69. The van der Waals surface area contributed by atoms with E-state index in [4.69, 9.17) is 0 Å². The molecule has 0 saturated carbocycles. The fourth-order valence-corrected chi connectivity index (χ4v) is 4.20. The number of amides is 1. The molecular weight excluding hydrogens is 326 g/mol. The first kappa shape index (κ1) is 18.9. The predicted octanol–water partition coefficient (Wildman–Crippen LogP) is 1.69. The van der Waals surface area contributed by atoms with Gasteiger partial charge >= 0.3 is 0 Å². The SMILES string of the molecule is Cc1ccccc1[C@@H](C)NC(=O)C1CCN(S(=O)(=O)N(C)C)CC1. The van der Waals surface area contributed by atoms with Crippen LogP contribution in [0, 0.1) is 12.8 Å². The molecule has 0 spiro atoms. The van der Waals surface area contributed by atoms with Crippen LogP contribution in [0.25, 0.3) is 0 Å². The van der Waals surface area contributed by atoms with Gasteiger partial charge in [0.15, 0.2) is 0 Å². The third-order valence-corrected chi connectivity index (χ3v) is 6.57. The highest BCUT2D eigenvalue weighted by Crippen LogP contribution is 2.23. The quantitative estimate of drug-likeness (QED) is 0.876. The summed E-state index contributed by atoms with van der Waals surface area (Å²) in [5.41, 5.74) is 2.26. The van der Waals surface area contributed by atoms with Crippen LogP contribution < -0.4 is 5.32 Å². The second-order valence-electron chi connectivity index (χ2n) is 6.55. The summed E-state index contributed by atoms with van der Waals surface area (Å²) in [5, 5.41) is 3.07. The fraction of sp³-hybridized carbons (Fsp3) is 0.588. The van der Waals surface area contributed by atoms with Gasteiger partial charge in [-0.1, -0.05) is 24.3 Å². The molecule has 1 fully saturated rings. The summed E-state index contributed by atoms with van der Waals surface area (Å²) in [5.74, 6) is -0.127. The molecule has 7 heteroatoms. The van der Waals surface area contributed by atoms with E-state index in [9.17, 15) is 13.2 Å². The zero-order valence-corrected chi connectivity index (χ0v) is 15.6. The summed E-state index contributed by atoms with van der Waals surface area (Å²) in [6.07, 6.45) is 1.11. The maximum absolute atomic E-state index is 12.5. The first-order chi connectivity index (χ1) is 11.2. The number of aryl methyl sites for hydroxylation is 1. The van der Waals surface area contributed by atoms with E-state index in [0.29, 0.717) is 25.9 Å². The van der Waals surface area contributed by atoms with Crippen molar-refractivity contribution in [2.75, 3.05) is 27.2 Å². The average molecular weight is 353 g/mol. The molecule has 1 heterocycles. The number of carbonyl (C=O) groups excluding carboxylic acids is 1. The molecule has 2 rings (SSSR count). The van der Waals surface area contributed by atoms with E-state index in [1.54, 1.807) is 0 Å². The van der Waals surface area contributed by atoms with Crippen LogP contribution in [-0.2, 0) is 15.0 Å². The Kier molecular flexibility index (Phi) is 6.01. The third-order valence-electron chi connectivity index (χ3n) is 4.63.